The molecule has 2 saturated heterocycles. The summed E-state index contributed by atoms with van der Waals surface area (Å²) in [6.45, 7) is 0. The Labute approximate surface area is 117 Å². The maximum atomic E-state index is 12.7. The summed E-state index contributed by atoms with van der Waals surface area (Å²) >= 11 is 0. The Morgan fingerprint density at radius 2 is 1.60 bits per heavy atom. The summed E-state index contributed by atoms with van der Waals surface area (Å²) in [6.07, 6.45) is 6.81. The summed E-state index contributed by atoms with van der Waals surface area (Å²) in [6, 6.07) is 0. The van der Waals surface area contributed by atoms with Crippen LogP contribution in [0.25, 0.3) is 0 Å². The van der Waals surface area contributed by atoms with Crippen molar-refractivity contribution >= 4 is 11.9 Å². The first-order valence-corrected chi connectivity index (χ1v) is 7.62. The second-order valence-corrected chi connectivity index (χ2v) is 6.66. The molecule has 2 heterocycles. The summed E-state index contributed by atoms with van der Waals surface area (Å²) in [7, 11) is 1.52. The van der Waals surface area contributed by atoms with E-state index in [1.165, 1.54) is 7.11 Å². The highest BCUT2D eigenvalue weighted by Gasteiger charge is 2.82. The number of rotatable bonds is 1. The molecule has 110 valence electrons. The molecule has 5 heteroatoms. The van der Waals surface area contributed by atoms with Gasteiger partial charge in [-0.2, -0.15) is 0 Å². The van der Waals surface area contributed by atoms with Crippen molar-refractivity contribution in [2.45, 2.75) is 68.2 Å². The first-order chi connectivity index (χ1) is 9.60. The van der Waals surface area contributed by atoms with Gasteiger partial charge in [-0.05, 0) is 51.4 Å². The fraction of sp³-hybridized carbons (Fsp3) is 0.867. The van der Waals surface area contributed by atoms with Gasteiger partial charge < -0.3 is 14.2 Å². The number of methoxy groups -OCH3 is 1. The van der Waals surface area contributed by atoms with Crippen molar-refractivity contribution in [3.8, 4) is 0 Å². The fourth-order valence-electron chi connectivity index (χ4n) is 5.14. The summed E-state index contributed by atoms with van der Waals surface area (Å²) in [5.41, 5.74) is -2.66. The third-order valence-corrected chi connectivity index (χ3v) is 5.92. The lowest BCUT2D eigenvalue weighted by atomic mass is 9.70. The van der Waals surface area contributed by atoms with Crippen LogP contribution >= 0.6 is 0 Å². The predicted molar refractivity (Wildman–Crippen MR) is 67.8 cm³/mol. The van der Waals surface area contributed by atoms with Crippen molar-refractivity contribution in [1.29, 1.82) is 0 Å². The summed E-state index contributed by atoms with van der Waals surface area (Å²) < 4.78 is 17.2. The summed E-state index contributed by atoms with van der Waals surface area (Å²) in [4.78, 5) is 25.3. The average molecular weight is 280 g/mol. The molecule has 2 aliphatic heterocycles. The van der Waals surface area contributed by atoms with E-state index in [4.69, 9.17) is 14.2 Å². The Bertz CT molecular complexity index is 473. The second-order valence-electron chi connectivity index (χ2n) is 6.66. The summed E-state index contributed by atoms with van der Waals surface area (Å²) in [5.74, 6) is -1.24. The zero-order valence-corrected chi connectivity index (χ0v) is 11.8. The quantitative estimate of drug-likeness (QED) is 0.684. The third kappa shape index (κ3) is 1.15. The van der Waals surface area contributed by atoms with Gasteiger partial charge in [0.25, 0.3) is 0 Å². The molecular weight excluding hydrogens is 260 g/mol. The number of hydrogen-bond donors (Lipinski definition) is 0. The third-order valence-electron chi connectivity index (χ3n) is 5.92. The number of carbonyl (C=O) groups is 2. The van der Waals surface area contributed by atoms with Gasteiger partial charge in [-0.1, -0.05) is 0 Å². The standard InChI is InChI=1S/C15H20O5/c1-18-15-10(11(16)19-14(15)8-4-5-9-14)13(20-12(15)17)6-2-3-7-13/h10H,2-9H2,1H3. The molecule has 5 nitrogen and oxygen atoms in total. The topological polar surface area (TPSA) is 61.8 Å². The van der Waals surface area contributed by atoms with Crippen molar-refractivity contribution in [3.05, 3.63) is 0 Å². The number of esters is 2. The zero-order chi connectivity index (χ0) is 14.0. The van der Waals surface area contributed by atoms with Crippen LogP contribution in [0.15, 0.2) is 0 Å². The highest BCUT2D eigenvalue weighted by molar-refractivity contribution is 5.97. The van der Waals surface area contributed by atoms with E-state index in [1.54, 1.807) is 0 Å². The van der Waals surface area contributed by atoms with Gasteiger partial charge in [-0.3, -0.25) is 4.79 Å². The molecule has 0 bridgehead atoms. The second kappa shape index (κ2) is 3.75. The average Bonchev–Trinajstić information content (AvgIpc) is 3.13. The van der Waals surface area contributed by atoms with E-state index >= 15 is 0 Å². The number of fused-ring (bicyclic) bond motifs is 3. The minimum absolute atomic E-state index is 0.290. The lowest BCUT2D eigenvalue weighted by Gasteiger charge is -2.36. The maximum Gasteiger partial charge on any atom is 0.344 e. The highest BCUT2D eigenvalue weighted by Crippen LogP contribution is 2.62. The van der Waals surface area contributed by atoms with Gasteiger partial charge in [-0.25, -0.2) is 4.79 Å². The molecule has 2 unspecified atom stereocenters. The number of hydrogen-bond acceptors (Lipinski definition) is 5. The molecule has 0 radical (unpaired) electrons. The Morgan fingerprint density at radius 3 is 2.20 bits per heavy atom. The van der Waals surface area contributed by atoms with E-state index in [9.17, 15) is 9.59 Å². The van der Waals surface area contributed by atoms with Gasteiger partial charge in [0, 0.05) is 7.11 Å². The Hall–Kier alpha value is -1.10. The molecule has 0 amide bonds. The van der Waals surface area contributed by atoms with Crippen molar-refractivity contribution < 1.29 is 23.8 Å². The van der Waals surface area contributed by atoms with Gasteiger partial charge in [0.15, 0.2) is 5.60 Å². The smallest absolute Gasteiger partial charge is 0.344 e. The molecule has 0 aromatic rings. The molecule has 0 aromatic carbocycles. The number of carbonyl (C=O) groups excluding carboxylic acids is 2. The van der Waals surface area contributed by atoms with Crippen LogP contribution < -0.4 is 0 Å². The van der Waals surface area contributed by atoms with E-state index in [2.05, 4.69) is 0 Å². The normalized spacial score (nSPS) is 40.4. The van der Waals surface area contributed by atoms with Crippen molar-refractivity contribution in [3.63, 3.8) is 0 Å². The van der Waals surface area contributed by atoms with Gasteiger partial charge in [0.05, 0.1) is 0 Å². The van der Waals surface area contributed by atoms with Gasteiger partial charge in [0.1, 0.15) is 11.5 Å². The minimum Gasteiger partial charge on any atom is -0.456 e. The monoisotopic (exact) mass is 280 g/mol. The van der Waals surface area contributed by atoms with Gasteiger partial charge >= 0.3 is 11.9 Å². The highest BCUT2D eigenvalue weighted by atomic mass is 16.7. The molecule has 4 fully saturated rings. The molecule has 2 saturated carbocycles. The van der Waals surface area contributed by atoms with Crippen molar-refractivity contribution in [2.24, 2.45) is 5.92 Å². The minimum atomic E-state index is -1.20. The molecule has 2 atom stereocenters. The van der Waals surface area contributed by atoms with Crippen LogP contribution in [0.5, 0.6) is 0 Å². The van der Waals surface area contributed by atoms with Crippen LogP contribution in [0.2, 0.25) is 0 Å². The van der Waals surface area contributed by atoms with Crippen LogP contribution in [0.1, 0.15) is 51.4 Å². The van der Waals surface area contributed by atoms with Crippen LogP contribution in [-0.2, 0) is 23.8 Å². The van der Waals surface area contributed by atoms with E-state index in [-0.39, 0.29) is 11.9 Å². The first kappa shape index (κ1) is 12.6. The Kier molecular flexibility index (Phi) is 2.37. The van der Waals surface area contributed by atoms with Gasteiger partial charge in [-0.15, -0.1) is 0 Å². The Morgan fingerprint density at radius 1 is 1.00 bits per heavy atom. The SMILES string of the molecule is COC12C(=O)OC3(CCCC3)C1C(=O)OC21CCCC1. The van der Waals surface area contributed by atoms with Crippen molar-refractivity contribution in [1.82, 2.24) is 0 Å². The van der Waals surface area contributed by atoms with Crippen LogP contribution in [-0.4, -0.2) is 35.9 Å². The molecular formula is C15H20O5. The molecule has 2 spiro atoms. The van der Waals surface area contributed by atoms with E-state index in [0.717, 1.165) is 38.5 Å². The van der Waals surface area contributed by atoms with Gasteiger partial charge in [0.2, 0.25) is 5.60 Å². The molecule has 0 aromatic heterocycles. The molecule has 4 rings (SSSR count). The molecule has 4 aliphatic rings. The van der Waals surface area contributed by atoms with Crippen LogP contribution in [0.3, 0.4) is 0 Å². The molecule has 0 N–H and O–H groups in total. The van der Waals surface area contributed by atoms with Crippen molar-refractivity contribution in [2.75, 3.05) is 7.11 Å². The number of ether oxygens (including phenoxy) is 3. The van der Waals surface area contributed by atoms with Crippen LogP contribution in [0.4, 0.5) is 0 Å². The largest absolute Gasteiger partial charge is 0.456 e. The van der Waals surface area contributed by atoms with Crippen LogP contribution in [0, 0.1) is 5.92 Å². The lowest BCUT2D eigenvalue weighted by Crippen LogP contribution is -2.58. The van der Waals surface area contributed by atoms with E-state index in [0.29, 0.717) is 12.8 Å². The fourth-order valence-corrected chi connectivity index (χ4v) is 5.14. The lowest BCUT2D eigenvalue weighted by molar-refractivity contribution is -0.186. The molecule has 2 aliphatic carbocycles. The molecule has 20 heavy (non-hydrogen) atoms. The summed E-state index contributed by atoms with van der Waals surface area (Å²) in [5, 5.41) is 0. The van der Waals surface area contributed by atoms with E-state index < -0.39 is 22.7 Å². The Balaban J connectivity index is 1.88. The van der Waals surface area contributed by atoms with E-state index in [1.807, 2.05) is 0 Å². The first-order valence-electron chi connectivity index (χ1n) is 7.62. The maximum absolute atomic E-state index is 12.7. The predicted octanol–water partition coefficient (Wildman–Crippen LogP) is 1.73. The zero-order valence-electron chi connectivity index (χ0n) is 11.8.